The molecule has 142 valence electrons. The summed E-state index contributed by atoms with van der Waals surface area (Å²) in [6.07, 6.45) is 10.7. The lowest BCUT2D eigenvalue weighted by Gasteiger charge is -2.44. The fourth-order valence-electron chi connectivity index (χ4n) is 4.09. The Kier molecular flexibility index (Phi) is 4.10. The van der Waals surface area contributed by atoms with Gasteiger partial charge in [-0.05, 0) is 56.1 Å². The van der Waals surface area contributed by atoms with Gasteiger partial charge in [-0.15, -0.1) is 5.10 Å². The van der Waals surface area contributed by atoms with Gasteiger partial charge in [-0.3, -0.25) is 4.79 Å². The highest BCUT2D eigenvalue weighted by molar-refractivity contribution is 5.49. The van der Waals surface area contributed by atoms with Gasteiger partial charge in [-0.1, -0.05) is 0 Å². The average molecular weight is 366 g/mol. The van der Waals surface area contributed by atoms with Gasteiger partial charge >= 0.3 is 0 Å². The van der Waals surface area contributed by atoms with E-state index in [2.05, 4.69) is 26.1 Å². The zero-order valence-corrected chi connectivity index (χ0v) is 15.8. The number of nitrogens with zero attached hydrogens (tertiary/aromatic N) is 6. The Morgan fingerprint density at radius 1 is 1.19 bits per heavy atom. The number of anilines is 2. The van der Waals surface area contributed by atoms with Gasteiger partial charge in [0.25, 0.3) is 5.56 Å². The van der Waals surface area contributed by atoms with Gasteiger partial charge < -0.3 is 14.4 Å². The Morgan fingerprint density at radius 2 is 2.00 bits per heavy atom. The first-order valence-electron chi connectivity index (χ1n) is 10.1. The third-order valence-electron chi connectivity index (χ3n) is 6.17. The second kappa shape index (κ2) is 6.62. The highest BCUT2D eigenvalue weighted by Crippen LogP contribution is 2.30. The molecule has 2 aliphatic carbocycles. The van der Waals surface area contributed by atoms with Gasteiger partial charge in [0.15, 0.2) is 11.6 Å². The number of likely N-dealkylation sites (N-methyl/N-ethyl adjacent to an activating group) is 1. The Bertz CT molecular complexity index is 900. The van der Waals surface area contributed by atoms with Crippen molar-refractivity contribution in [1.82, 2.24) is 19.7 Å². The van der Waals surface area contributed by atoms with Crippen molar-refractivity contribution in [3.63, 3.8) is 0 Å². The molecule has 1 saturated carbocycles. The summed E-state index contributed by atoms with van der Waals surface area (Å²) in [5, 5.41) is 8.87. The highest BCUT2D eigenvalue weighted by Gasteiger charge is 2.33. The predicted octanol–water partition coefficient (Wildman–Crippen LogP) is 1.65. The lowest BCUT2D eigenvalue weighted by molar-refractivity contribution is 0.482. The molecular weight excluding hydrogens is 340 g/mol. The van der Waals surface area contributed by atoms with Crippen molar-refractivity contribution < 1.29 is 0 Å². The molecule has 1 aliphatic heterocycles. The van der Waals surface area contributed by atoms with Crippen LogP contribution in [0, 0.1) is 5.92 Å². The van der Waals surface area contributed by atoms with Crippen molar-refractivity contribution in [2.75, 3.05) is 29.9 Å². The second-order valence-electron chi connectivity index (χ2n) is 8.20. The first-order chi connectivity index (χ1) is 13.2. The van der Waals surface area contributed by atoms with Crippen LogP contribution in [0.25, 0.3) is 0 Å². The quantitative estimate of drug-likeness (QED) is 0.802. The lowest BCUT2D eigenvalue weighted by atomic mass is 9.96. The van der Waals surface area contributed by atoms with E-state index in [-0.39, 0.29) is 11.6 Å². The Hall–Kier alpha value is -2.44. The summed E-state index contributed by atoms with van der Waals surface area (Å²) in [7, 11) is 1.98. The summed E-state index contributed by atoms with van der Waals surface area (Å²) in [5.74, 6) is 2.19. The molecule has 27 heavy (non-hydrogen) atoms. The van der Waals surface area contributed by atoms with Crippen LogP contribution < -0.4 is 15.4 Å². The van der Waals surface area contributed by atoms with Crippen molar-refractivity contribution in [3.05, 3.63) is 40.1 Å². The van der Waals surface area contributed by atoms with E-state index in [1.165, 1.54) is 36.9 Å². The Labute approximate surface area is 159 Å². The van der Waals surface area contributed by atoms with Crippen LogP contribution in [0.4, 0.5) is 11.6 Å². The summed E-state index contributed by atoms with van der Waals surface area (Å²) in [6.45, 7) is 2.52. The number of fused-ring (bicyclic) bond motifs is 1. The van der Waals surface area contributed by atoms with E-state index in [4.69, 9.17) is 0 Å². The molecule has 0 atom stereocenters. The van der Waals surface area contributed by atoms with Gasteiger partial charge in [0, 0.05) is 39.1 Å². The van der Waals surface area contributed by atoms with Crippen LogP contribution in [0.5, 0.6) is 0 Å². The van der Waals surface area contributed by atoms with Gasteiger partial charge in [-0.25, -0.2) is 4.98 Å². The molecule has 3 aliphatic rings. The Balaban J connectivity index is 1.27. The SMILES string of the molecule is CN(c1nccn(CC2CC2)c1=O)C1CN(c2cc3c(nn2)CCCC3)C1. The van der Waals surface area contributed by atoms with E-state index in [1.54, 1.807) is 6.20 Å². The monoisotopic (exact) mass is 366 g/mol. The molecule has 0 unspecified atom stereocenters. The molecule has 7 nitrogen and oxygen atoms in total. The molecule has 0 spiro atoms. The van der Waals surface area contributed by atoms with Crippen LogP contribution in [0.2, 0.25) is 0 Å². The maximum absolute atomic E-state index is 12.8. The van der Waals surface area contributed by atoms with Crippen LogP contribution in [-0.4, -0.2) is 45.9 Å². The highest BCUT2D eigenvalue weighted by atomic mass is 16.1. The molecule has 0 bridgehead atoms. The predicted molar refractivity (Wildman–Crippen MR) is 104 cm³/mol. The maximum Gasteiger partial charge on any atom is 0.293 e. The van der Waals surface area contributed by atoms with Gasteiger partial charge in [-0.2, -0.15) is 5.10 Å². The standard InChI is InChI=1S/C20H26N6O/c1-24(19-20(27)25(9-8-21-19)11-14-6-7-14)16-12-26(13-16)18-10-15-4-2-3-5-17(15)22-23-18/h8-10,14,16H,2-7,11-13H2,1H3. The summed E-state index contributed by atoms with van der Waals surface area (Å²) in [6, 6.07) is 2.49. The first kappa shape index (κ1) is 16.7. The first-order valence-corrected chi connectivity index (χ1v) is 10.1. The average Bonchev–Trinajstić information content (AvgIpc) is 3.46. The lowest BCUT2D eigenvalue weighted by Crippen LogP contribution is -2.60. The molecular formula is C20H26N6O. The second-order valence-corrected chi connectivity index (χ2v) is 8.20. The van der Waals surface area contributed by atoms with E-state index >= 15 is 0 Å². The minimum Gasteiger partial charge on any atom is -0.351 e. The van der Waals surface area contributed by atoms with E-state index in [1.807, 2.05) is 22.7 Å². The molecule has 2 fully saturated rings. The number of aryl methyl sites for hydroxylation is 2. The largest absolute Gasteiger partial charge is 0.351 e. The molecule has 5 rings (SSSR count). The maximum atomic E-state index is 12.8. The third kappa shape index (κ3) is 3.19. The summed E-state index contributed by atoms with van der Waals surface area (Å²) in [4.78, 5) is 21.4. The van der Waals surface area contributed by atoms with Gasteiger partial charge in [0.2, 0.25) is 0 Å². The molecule has 2 aromatic heterocycles. The fourth-order valence-corrected chi connectivity index (χ4v) is 4.09. The minimum atomic E-state index is 0.0268. The molecule has 2 aromatic rings. The molecule has 3 heterocycles. The molecule has 7 heteroatoms. The normalized spacial score (nSPS) is 19.5. The molecule has 0 N–H and O–H groups in total. The molecule has 0 aromatic carbocycles. The van der Waals surface area contributed by atoms with E-state index in [9.17, 15) is 4.79 Å². The van der Waals surface area contributed by atoms with Crippen LogP contribution in [-0.2, 0) is 19.4 Å². The third-order valence-corrected chi connectivity index (χ3v) is 6.17. The number of hydrogen-bond donors (Lipinski definition) is 0. The van der Waals surface area contributed by atoms with Crippen molar-refractivity contribution in [1.29, 1.82) is 0 Å². The smallest absolute Gasteiger partial charge is 0.293 e. The molecule has 1 saturated heterocycles. The summed E-state index contributed by atoms with van der Waals surface area (Å²) in [5.41, 5.74) is 2.55. The van der Waals surface area contributed by atoms with Crippen LogP contribution >= 0.6 is 0 Å². The van der Waals surface area contributed by atoms with E-state index < -0.39 is 0 Å². The van der Waals surface area contributed by atoms with Crippen LogP contribution in [0.15, 0.2) is 23.3 Å². The summed E-state index contributed by atoms with van der Waals surface area (Å²) >= 11 is 0. The minimum absolute atomic E-state index is 0.0268. The number of aromatic nitrogens is 4. The zero-order valence-electron chi connectivity index (χ0n) is 15.8. The summed E-state index contributed by atoms with van der Waals surface area (Å²) < 4.78 is 1.82. The number of rotatable bonds is 5. The molecule has 0 amide bonds. The van der Waals surface area contributed by atoms with Gasteiger partial charge in [0.05, 0.1) is 11.7 Å². The topological polar surface area (TPSA) is 67.2 Å². The van der Waals surface area contributed by atoms with E-state index in [0.29, 0.717) is 11.7 Å². The van der Waals surface area contributed by atoms with Crippen molar-refractivity contribution in [2.45, 2.75) is 51.1 Å². The van der Waals surface area contributed by atoms with Crippen molar-refractivity contribution in [2.24, 2.45) is 5.92 Å². The van der Waals surface area contributed by atoms with Crippen molar-refractivity contribution in [3.8, 4) is 0 Å². The molecule has 0 radical (unpaired) electrons. The number of hydrogen-bond acceptors (Lipinski definition) is 6. The van der Waals surface area contributed by atoms with Crippen LogP contribution in [0.1, 0.15) is 36.9 Å². The van der Waals surface area contributed by atoms with Gasteiger partial charge in [0.1, 0.15) is 0 Å². The van der Waals surface area contributed by atoms with E-state index in [0.717, 1.165) is 38.3 Å². The zero-order chi connectivity index (χ0) is 18.4. The van der Waals surface area contributed by atoms with Crippen LogP contribution in [0.3, 0.4) is 0 Å². The Morgan fingerprint density at radius 3 is 2.81 bits per heavy atom. The fraction of sp³-hybridized carbons (Fsp3) is 0.600. The van der Waals surface area contributed by atoms with Crippen molar-refractivity contribution >= 4 is 11.6 Å².